The van der Waals surface area contributed by atoms with E-state index in [1.807, 2.05) is 6.07 Å². The van der Waals surface area contributed by atoms with Crippen molar-refractivity contribution in [2.45, 2.75) is 57.4 Å². The van der Waals surface area contributed by atoms with Gasteiger partial charge >= 0.3 is 0 Å². The van der Waals surface area contributed by atoms with Gasteiger partial charge in [0.05, 0.1) is 0 Å². The van der Waals surface area contributed by atoms with Crippen molar-refractivity contribution >= 4 is 23.0 Å². The summed E-state index contributed by atoms with van der Waals surface area (Å²) in [5.74, 6) is -0.232. The maximum Gasteiger partial charge on any atom is 0.173 e. The van der Waals surface area contributed by atoms with Gasteiger partial charge in [0, 0.05) is 24.8 Å². The number of nitrogens with zero attached hydrogens (tertiary/aromatic N) is 2. The number of hydrogen-bond acceptors (Lipinski definition) is 2. The second-order valence-electron chi connectivity index (χ2n) is 7.33. The highest BCUT2D eigenvalue weighted by atomic mass is 32.1. The summed E-state index contributed by atoms with van der Waals surface area (Å²) in [6, 6.07) is 7.05. The zero-order chi connectivity index (χ0) is 17.5. The minimum atomic E-state index is -0.232. The Morgan fingerprint density at radius 2 is 1.84 bits per heavy atom. The number of rotatable bonds is 4. The number of benzene rings is 1. The Balaban J connectivity index is 1.55. The molecule has 0 saturated carbocycles. The summed E-state index contributed by atoms with van der Waals surface area (Å²) in [6.07, 6.45) is 10.3. The van der Waals surface area contributed by atoms with Crippen LogP contribution in [-0.4, -0.2) is 47.1 Å². The van der Waals surface area contributed by atoms with Crippen molar-refractivity contribution in [1.29, 1.82) is 0 Å². The van der Waals surface area contributed by atoms with E-state index in [1.54, 1.807) is 6.07 Å². The molecule has 5 heteroatoms. The van der Waals surface area contributed by atoms with Gasteiger partial charge < -0.3 is 15.1 Å². The molecule has 0 radical (unpaired) electrons. The third-order valence-electron chi connectivity index (χ3n) is 5.44. The standard InChI is InChI=1S/C20H30FN3S/c21-17-8-7-9-18(16-17)22-20(25)24-14-6-3-10-19(24)11-15-23-12-4-1-2-5-13-23/h7-9,16,19H,1-6,10-15H2,(H,22,25)/t19-/m1/s1. The van der Waals surface area contributed by atoms with Gasteiger partial charge in [-0.2, -0.15) is 0 Å². The molecular weight excluding hydrogens is 333 g/mol. The molecule has 2 fully saturated rings. The first-order valence-corrected chi connectivity index (χ1v) is 10.2. The van der Waals surface area contributed by atoms with Gasteiger partial charge in [-0.3, -0.25) is 0 Å². The Hall–Kier alpha value is -1.20. The smallest absolute Gasteiger partial charge is 0.173 e. The zero-order valence-electron chi connectivity index (χ0n) is 15.1. The Labute approximate surface area is 156 Å². The largest absolute Gasteiger partial charge is 0.346 e. The van der Waals surface area contributed by atoms with Crippen LogP contribution in [0.2, 0.25) is 0 Å². The molecule has 0 aliphatic carbocycles. The van der Waals surface area contributed by atoms with Crippen LogP contribution in [0.5, 0.6) is 0 Å². The number of anilines is 1. The number of likely N-dealkylation sites (tertiary alicyclic amines) is 2. The van der Waals surface area contributed by atoms with Crippen LogP contribution in [0, 0.1) is 5.82 Å². The van der Waals surface area contributed by atoms with E-state index in [4.69, 9.17) is 12.2 Å². The Kier molecular flexibility index (Phi) is 7.05. The molecule has 0 spiro atoms. The third kappa shape index (κ3) is 5.65. The highest BCUT2D eigenvalue weighted by Crippen LogP contribution is 2.22. The second kappa shape index (κ2) is 9.48. The maximum atomic E-state index is 13.4. The van der Waals surface area contributed by atoms with Crippen LogP contribution in [0.3, 0.4) is 0 Å². The first kappa shape index (κ1) is 18.6. The van der Waals surface area contributed by atoms with E-state index in [-0.39, 0.29) is 5.82 Å². The highest BCUT2D eigenvalue weighted by molar-refractivity contribution is 7.80. The first-order chi connectivity index (χ1) is 12.2. The van der Waals surface area contributed by atoms with Crippen LogP contribution in [-0.2, 0) is 0 Å². The Morgan fingerprint density at radius 3 is 2.60 bits per heavy atom. The molecule has 2 saturated heterocycles. The lowest BCUT2D eigenvalue weighted by Gasteiger charge is -2.38. The number of piperidine rings is 1. The van der Waals surface area contributed by atoms with Crippen LogP contribution >= 0.6 is 12.2 Å². The van der Waals surface area contributed by atoms with E-state index in [0.29, 0.717) is 6.04 Å². The van der Waals surface area contributed by atoms with Gasteiger partial charge in [-0.15, -0.1) is 0 Å². The van der Waals surface area contributed by atoms with Gasteiger partial charge in [0.1, 0.15) is 5.82 Å². The van der Waals surface area contributed by atoms with Crippen molar-refractivity contribution in [2.75, 3.05) is 31.5 Å². The average molecular weight is 364 g/mol. The number of hydrogen-bond donors (Lipinski definition) is 1. The van der Waals surface area contributed by atoms with Crippen LogP contribution < -0.4 is 5.32 Å². The lowest BCUT2D eigenvalue weighted by molar-refractivity contribution is 0.195. The molecule has 1 atom stereocenters. The van der Waals surface area contributed by atoms with Crippen LogP contribution in [0.25, 0.3) is 0 Å². The molecule has 0 bridgehead atoms. The summed E-state index contributed by atoms with van der Waals surface area (Å²) in [4.78, 5) is 4.96. The zero-order valence-corrected chi connectivity index (χ0v) is 15.9. The fourth-order valence-electron chi connectivity index (χ4n) is 4.02. The summed E-state index contributed by atoms with van der Waals surface area (Å²) >= 11 is 5.65. The molecule has 0 aromatic heterocycles. The predicted octanol–water partition coefficient (Wildman–Crippen LogP) is 4.64. The number of thiocarbonyl (C=S) groups is 1. The van der Waals surface area contributed by atoms with E-state index in [9.17, 15) is 4.39 Å². The minimum absolute atomic E-state index is 0.232. The van der Waals surface area contributed by atoms with E-state index in [2.05, 4.69) is 15.1 Å². The topological polar surface area (TPSA) is 18.5 Å². The van der Waals surface area contributed by atoms with Crippen molar-refractivity contribution in [3.63, 3.8) is 0 Å². The fourth-order valence-corrected chi connectivity index (χ4v) is 4.38. The first-order valence-electron chi connectivity index (χ1n) is 9.78. The molecule has 3 nitrogen and oxygen atoms in total. The molecule has 1 aromatic rings. The van der Waals surface area contributed by atoms with Crippen LogP contribution in [0.4, 0.5) is 10.1 Å². The monoisotopic (exact) mass is 363 g/mol. The Bertz CT molecular complexity index is 558. The molecule has 1 N–H and O–H groups in total. The van der Waals surface area contributed by atoms with Crippen LogP contribution in [0.15, 0.2) is 24.3 Å². The van der Waals surface area contributed by atoms with Crippen molar-refractivity contribution in [3.05, 3.63) is 30.1 Å². The SMILES string of the molecule is Fc1cccc(NC(=S)N2CCCC[C@@H]2CCN2CCCCCC2)c1. The van der Waals surface area contributed by atoms with Gasteiger partial charge in [0.25, 0.3) is 0 Å². The normalized spacial score (nSPS) is 22.4. The average Bonchev–Trinajstić information content (AvgIpc) is 2.89. The molecule has 2 aliphatic heterocycles. The molecule has 2 aliphatic rings. The third-order valence-corrected chi connectivity index (χ3v) is 5.78. The Morgan fingerprint density at radius 1 is 1.08 bits per heavy atom. The summed E-state index contributed by atoms with van der Waals surface area (Å²) in [6.45, 7) is 4.67. The lowest BCUT2D eigenvalue weighted by atomic mass is 9.99. The van der Waals surface area contributed by atoms with Crippen molar-refractivity contribution in [1.82, 2.24) is 9.80 Å². The summed E-state index contributed by atoms with van der Waals surface area (Å²) in [5.41, 5.74) is 0.738. The van der Waals surface area contributed by atoms with E-state index >= 15 is 0 Å². The fraction of sp³-hybridized carbons (Fsp3) is 0.650. The summed E-state index contributed by atoms with van der Waals surface area (Å²) in [5, 5.41) is 3.98. The van der Waals surface area contributed by atoms with Crippen molar-refractivity contribution < 1.29 is 4.39 Å². The lowest BCUT2D eigenvalue weighted by Crippen LogP contribution is -2.47. The molecular formula is C20H30FN3S. The van der Waals surface area contributed by atoms with Crippen molar-refractivity contribution in [3.8, 4) is 0 Å². The molecule has 1 aromatic carbocycles. The van der Waals surface area contributed by atoms with Crippen molar-refractivity contribution in [2.24, 2.45) is 0 Å². The molecule has 3 rings (SSSR count). The number of halogens is 1. The van der Waals surface area contributed by atoms with E-state index < -0.39 is 0 Å². The molecule has 0 unspecified atom stereocenters. The molecule has 2 heterocycles. The second-order valence-corrected chi connectivity index (χ2v) is 7.71. The molecule has 0 amide bonds. The highest BCUT2D eigenvalue weighted by Gasteiger charge is 2.25. The predicted molar refractivity (Wildman–Crippen MR) is 106 cm³/mol. The molecule has 138 valence electrons. The molecule has 25 heavy (non-hydrogen) atoms. The maximum absolute atomic E-state index is 13.4. The van der Waals surface area contributed by atoms with Gasteiger partial charge in [-0.1, -0.05) is 18.9 Å². The van der Waals surface area contributed by atoms with Gasteiger partial charge in [-0.25, -0.2) is 4.39 Å². The summed E-state index contributed by atoms with van der Waals surface area (Å²) < 4.78 is 13.4. The van der Waals surface area contributed by atoms with Crippen LogP contribution in [0.1, 0.15) is 51.4 Å². The number of nitrogens with one attached hydrogen (secondary N) is 1. The van der Waals surface area contributed by atoms with E-state index in [0.717, 1.165) is 17.3 Å². The van der Waals surface area contributed by atoms with Gasteiger partial charge in [-0.05, 0) is 82.0 Å². The van der Waals surface area contributed by atoms with Gasteiger partial charge in [0.15, 0.2) is 5.11 Å². The van der Waals surface area contributed by atoms with E-state index in [1.165, 1.54) is 83.1 Å². The minimum Gasteiger partial charge on any atom is -0.346 e. The van der Waals surface area contributed by atoms with Gasteiger partial charge in [0.2, 0.25) is 0 Å². The quantitative estimate of drug-likeness (QED) is 0.785. The summed E-state index contributed by atoms with van der Waals surface area (Å²) in [7, 11) is 0.